The van der Waals surface area contributed by atoms with Crippen molar-refractivity contribution in [3.8, 4) is 11.1 Å². The molecule has 118 valence electrons. The van der Waals surface area contributed by atoms with Gasteiger partial charge in [0.1, 0.15) is 0 Å². The van der Waals surface area contributed by atoms with Crippen molar-refractivity contribution in [3.05, 3.63) is 58.4 Å². The van der Waals surface area contributed by atoms with Crippen LogP contribution in [0.1, 0.15) is 11.1 Å². The van der Waals surface area contributed by atoms with Gasteiger partial charge in [-0.25, -0.2) is 22.0 Å². The molecule has 0 atom stereocenters. The molecule has 0 bridgehead atoms. The fourth-order valence-corrected chi connectivity index (χ4v) is 1.96. The maximum Gasteiger partial charge on any atom is 0.416 e. The van der Waals surface area contributed by atoms with Crippen LogP contribution in [0.25, 0.3) is 11.1 Å². The molecule has 0 saturated carbocycles. The SMILES string of the molecule is Cc1cc(C(F)(F)F)ccc1-c1c(F)c(F)c(F)c(F)c1F. The van der Waals surface area contributed by atoms with Crippen LogP contribution in [0, 0.1) is 36.0 Å². The molecule has 0 aliphatic heterocycles. The van der Waals surface area contributed by atoms with Crippen molar-refractivity contribution in [3.63, 3.8) is 0 Å². The van der Waals surface area contributed by atoms with Gasteiger partial charge >= 0.3 is 6.18 Å². The summed E-state index contributed by atoms with van der Waals surface area (Å²) in [5.74, 6) is -10.8. The Balaban J connectivity index is 2.74. The topological polar surface area (TPSA) is 0 Å². The second-order valence-corrected chi connectivity index (χ2v) is 4.47. The lowest BCUT2D eigenvalue weighted by molar-refractivity contribution is -0.137. The third-order valence-electron chi connectivity index (χ3n) is 3.03. The zero-order valence-corrected chi connectivity index (χ0v) is 10.8. The fraction of sp³-hybridized carbons (Fsp3) is 0.143. The summed E-state index contributed by atoms with van der Waals surface area (Å²) >= 11 is 0. The maximum atomic E-state index is 13.7. The van der Waals surface area contributed by atoms with Crippen molar-refractivity contribution in [1.82, 2.24) is 0 Å². The molecule has 0 nitrogen and oxygen atoms in total. The van der Waals surface area contributed by atoms with Crippen LogP contribution in [0.2, 0.25) is 0 Å². The van der Waals surface area contributed by atoms with Crippen LogP contribution in [0.4, 0.5) is 35.1 Å². The van der Waals surface area contributed by atoms with Crippen molar-refractivity contribution in [1.29, 1.82) is 0 Å². The van der Waals surface area contributed by atoms with Crippen LogP contribution < -0.4 is 0 Å². The van der Waals surface area contributed by atoms with Crippen molar-refractivity contribution in [2.24, 2.45) is 0 Å². The highest BCUT2D eigenvalue weighted by Gasteiger charge is 2.32. The monoisotopic (exact) mass is 326 g/mol. The highest BCUT2D eigenvalue weighted by molar-refractivity contribution is 5.69. The lowest BCUT2D eigenvalue weighted by atomic mass is 9.97. The predicted octanol–water partition coefficient (Wildman–Crippen LogP) is 5.38. The van der Waals surface area contributed by atoms with Crippen molar-refractivity contribution in [2.45, 2.75) is 13.1 Å². The van der Waals surface area contributed by atoms with Gasteiger partial charge in [0.15, 0.2) is 23.3 Å². The minimum absolute atomic E-state index is 0.280. The molecule has 0 spiro atoms. The van der Waals surface area contributed by atoms with Gasteiger partial charge in [0, 0.05) is 0 Å². The van der Waals surface area contributed by atoms with Crippen LogP contribution in [0.15, 0.2) is 18.2 Å². The quantitative estimate of drug-likeness (QED) is 0.375. The summed E-state index contributed by atoms with van der Waals surface area (Å²) in [6, 6.07) is 1.73. The number of alkyl halides is 3. The summed E-state index contributed by atoms with van der Waals surface area (Å²) < 4.78 is 104. The molecule has 0 amide bonds. The van der Waals surface area contributed by atoms with Crippen LogP contribution in [0.5, 0.6) is 0 Å². The first-order valence-corrected chi connectivity index (χ1v) is 5.75. The minimum atomic E-state index is -4.69. The smallest absolute Gasteiger partial charge is 0.203 e. The van der Waals surface area contributed by atoms with E-state index in [4.69, 9.17) is 0 Å². The average Bonchev–Trinajstić information content (AvgIpc) is 2.43. The summed E-state index contributed by atoms with van der Waals surface area (Å²) in [4.78, 5) is 0. The van der Waals surface area contributed by atoms with E-state index in [1.165, 1.54) is 0 Å². The highest BCUT2D eigenvalue weighted by atomic mass is 19.4. The Morgan fingerprint density at radius 1 is 0.727 bits per heavy atom. The van der Waals surface area contributed by atoms with E-state index in [1.54, 1.807) is 0 Å². The summed E-state index contributed by atoms with van der Waals surface area (Å²) in [5, 5.41) is 0. The Labute approximate surface area is 119 Å². The predicted molar refractivity (Wildman–Crippen MR) is 61.4 cm³/mol. The van der Waals surface area contributed by atoms with E-state index >= 15 is 0 Å². The Hall–Kier alpha value is -2.12. The summed E-state index contributed by atoms with van der Waals surface area (Å²) in [6.07, 6.45) is -4.69. The molecule has 0 saturated heterocycles. The summed E-state index contributed by atoms with van der Waals surface area (Å²) in [7, 11) is 0. The fourth-order valence-electron chi connectivity index (χ4n) is 1.96. The van der Waals surface area contributed by atoms with E-state index in [0.717, 1.165) is 6.92 Å². The van der Waals surface area contributed by atoms with E-state index < -0.39 is 52.0 Å². The van der Waals surface area contributed by atoms with Crippen molar-refractivity contribution in [2.75, 3.05) is 0 Å². The molecule has 0 N–H and O–H groups in total. The van der Waals surface area contributed by atoms with E-state index in [2.05, 4.69) is 0 Å². The molecule has 2 aromatic carbocycles. The molecule has 2 aromatic rings. The first kappa shape index (κ1) is 16.3. The Morgan fingerprint density at radius 3 is 1.59 bits per heavy atom. The van der Waals surface area contributed by atoms with Crippen LogP contribution in [-0.4, -0.2) is 0 Å². The van der Waals surface area contributed by atoms with Crippen molar-refractivity contribution >= 4 is 0 Å². The molecule has 2 rings (SSSR count). The first-order chi connectivity index (χ1) is 10.1. The molecular weight excluding hydrogens is 320 g/mol. The second-order valence-electron chi connectivity index (χ2n) is 4.47. The minimum Gasteiger partial charge on any atom is -0.203 e. The molecule has 0 heterocycles. The van der Waals surface area contributed by atoms with Gasteiger partial charge in [-0.15, -0.1) is 0 Å². The Morgan fingerprint density at radius 2 is 1.18 bits per heavy atom. The van der Waals surface area contributed by atoms with Gasteiger partial charge in [-0.05, 0) is 30.2 Å². The molecule has 0 aliphatic rings. The lowest BCUT2D eigenvalue weighted by Gasteiger charge is -2.13. The summed E-state index contributed by atoms with van der Waals surface area (Å²) in [6.45, 7) is 1.07. The third kappa shape index (κ3) is 2.53. The maximum absolute atomic E-state index is 13.7. The number of aryl methyl sites for hydroxylation is 1. The Bertz CT molecular complexity index is 716. The standard InChI is InChI=1S/C14H6F8/c1-5-4-6(14(20,21)22)2-3-7(5)8-9(15)11(17)13(19)12(18)10(8)16/h2-4H,1H3. The highest BCUT2D eigenvalue weighted by Crippen LogP contribution is 2.36. The zero-order chi connectivity index (χ0) is 16.8. The third-order valence-corrected chi connectivity index (χ3v) is 3.03. The summed E-state index contributed by atoms with van der Waals surface area (Å²) in [5.41, 5.74) is -3.15. The van der Waals surface area contributed by atoms with Gasteiger partial charge < -0.3 is 0 Å². The van der Waals surface area contributed by atoms with E-state index in [0.29, 0.717) is 18.2 Å². The number of rotatable bonds is 1. The molecule has 0 unspecified atom stereocenters. The second kappa shape index (κ2) is 5.26. The largest absolute Gasteiger partial charge is 0.416 e. The van der Waals surface area contributed by atoms with Gasteiger partial charge in [-0.2, -0.15) is 13.2 Å². The molecule has 0 aromatic heterocycles. The lowest BCUT2D eigenvalue weighted by Crippen LogP contribution is -2.07. The molecular formula is C14H6F8. The van der Waals surface area contributed by atoms with Crippen LogP contribution in [-0.2, 0) is 6.18 Å². The van der Waals surface area contributed by atoms with Gasteiger partial charge in [0.25, 0.3) is 0 Å². The molecule has 8 heteroatoms. The Kier molecular flexibility index (Phi) is 3.88. The number of benzene rings is 2. The van der Waals surface area contributed by atoms with Gasteiger partial charge in [-0.1, -0.05) is 6.07 Å². The molecule has 22 heavy (non-hydrogen) atoms. The van der Waals surface area contributed by atoms with E-state index in [9.17, 15) is 35.1 Å². The van der Waals surface area contributed by atoms with Crippen LogP contribution >= 0.6 is 0 Å². The van der Waals surface area contributed by atoms with Gasteiger partial charge in [-0.3, -0.25) is 0 Å². The first-order valence-electron chi connectivity index (χ1n) is 5.75. The number of hydrogen-bond donors (Lipinski definition) is 0. The number of halogens is 8. The van der Waals surface area contributed by atoms with Gasteiger partial charge in [0.2, 0.25) is 5.82 Å². The van der Waals surface area contributed by atoms with E-state index in [-0.39, 0.29) is 5.56 Å². The van der Waals surface area contributed by atoms with Crippen molar-refractivity contribution < 1.29 is 35.1 Å². The average molecular weight is 326 g/mol. The normalized spacial score (nSPS) is 11.9. The molecule has 0 radical (unpaired) electrons. The van der Waals surface area contributed by atoms with Gasteiger partial charge in [0.05, 0.1) is 11.1 Å². The van der Waals surface area contributed by atoms with Crippen LogP contribution in [0.3, 0.4) is 0 Å². The molecule has 0 aliphatic carbocycles. The van der Waals surface area contributed by atoms with E-state index in [1.807, 2.05) is 0 Å². The zero-order valence-electron chi connectivity index (χ0n) is 10.8. The number of hydrogen-bond acceptors (Lipinski definition) is 0. The molecule has 0 fully saturated rings.